The lowest BCUT2D eigenvalue weighted by Gasteiger charge is -2.20. The Labute approximate surface area is 160 Å². The smallest absolute Gasteiger partial charge is 0.244 e. The highest BCUT2D eigenvalue weighted by Gasteiger charge is 2.13. The molecule has 0 heterocycles. The van der Waals surface area contributed by atoms with Crippen LogP contribution in [0.1, 0.15) is 31.9 Å². The van der Waals surface area contributed by atoms with Crippen LogP contribution in [0.4, 0.5) is 0 Å². The number of carbonyl (C=O) groups excluding carboxylic acids is 2. The molecule has 0 aromatic heterocycles. The third-order valence-electron chi connectivity index (χ3n) is 3.47. The Morgan fingerprint density at radius 1 is 1.04 bits per heavy atom. The predicted octanol–water partition coefficient (Wildman–Crippen LogP) is 3.31. The molecule has 0 radical (unpaired) electrons. The molecule has 0 saturated heterocycles. The Hall–Kier alpha value is -3.08. The molecule has 0 aliphatic rings. The standard InChI is InChI=1S/C22H26N2O3/c1-22(2,3)24-21(26)15-23-20(25)13-12-17-10-7-11-19(14-17)27-16-18-8-5-4-6-9-18/h4-14H,15-16H2,1-3H3,(H,23,25)(H,24,26)/b13-12+. The van der Waals surface area contributed by atoms with Crippen LogP contribution in [0, 0.1) is 0 Å². The van der Waals surface area contributed by atoms with Crippen molar-refractivity contribution in [2.45, 2.75) is 32.9 Å². The predicted molar refractivity (Wildman–Crippen MR) is 107 cm³/mol. The Kier molecular flexibility index (Phi) is 7.17. The van der Waals surface area contributed by atoms with Crippen molar-refractivity contribution in [2.75, 3.05) is 6.54 Å². The fraction of sp³-hybridized carbons (Fsp3) is 0.273. The Morgan fingerprint density at radius 2 is 1.78 bits per heavy atom. The van der Waals surface area contributed by atoms with E-state index in [1.807, 2.05) is 75.4 Å². The second-order valence-corrected chi connectivity index (χ2v) is 7.20. The molecule has 2 aromatic carbocycles. The number of ether oxygens (including phenoxy) is 1. The van der Waals surface area contributed by atoms with Crippen molar-refractivity contribution >= 4 is 17.9 Å². The molecule has 0 aliphatic carbocycles. The van der Waals surface area contributed by atoms with E-state index in [4.69, 9.17) is 4.74 Å². The lowest BCUT2D eigenvalue weighted by molar-refractivity contribution is -0.124. The molecule has 27 heavy (non-hydrogen) atoms. The van der Waals surface area contributed by atoms with Crippen LogP contribution in [0.2, 0.25) is 0 Å². The zero-order valence-corrected chi connectivity index (χ0v) is 16.0. The fourth-order valence-corrected chi connectivity index (χ4v) is 2.31. The first-order valence-electron chi connectivity index (χ1n) is 8.85. The second kappa shape index (κ2) is 9.57. The maximum Gasteiger partial charge on any atom is 0.244 e. The molecule has 2 rings (SSSR count). The minimum atomic E-state index is -0.324. The van der Waals surface area contributed by atoms with Gasteiger partial charge in [0.2, 0.25) is 11.8 Å². The van der Waals surface area contributed by atoms with Crippen LogP contribution in [0.3, 0.4) is 0 Å². The Bertz CT molecular complexity index is 793. The summed E-state index contributed by atoms with van der Waals surface area (Å²) in [6.07, 6.45) is 3.09. The molecule has 0 bridgehead atoms. The molecule has 2 amide bonds. The summed E-state index contributed by atoms with van der Waals surface area (Å²) in [4.78, 5) is 23.6. The molecule has 2 N–H and O–H groups in total. The SMILES string of the molecule is CC(C)(C)NC(=O)CNC(=O)/C=C/c1cccc(OCc2ccccc2)c1. The molecule has 0 fully saturated rings. The summed E-state index contributed by atoms with van der Waals surface area (Å²) >= 11 is 0. The molecule has 0 atom stereocenters. The highest BCUT2D eigenvalue weighted by atomic mass is 16.5. The van der Waals surface area contributed by atoms with Crippen LogP contribution in [0.25, 0.3) is 6.08 Å². The molecule has 0 aliphatic heterocycles. The van der Waals surface area contributed by atoms with Crippen molar-refractivity contribution in [3.05, 3.63) is 71.8 Å². The average molecular weight is 366 g/mol. The molecule has 142 valence electrons. The maximum absolute atomic E-state index is 11.9. The van der Waals surface area contributed by atoms with E-state index >= 15 is 0 Å². The largest absolute Gasteiger partial charge is 0.489 e. The minimum absolute atomic E-state index is 0.0549. The van der Waals surface area contributed by atoms with Gasteiger partial charge in [0, 0.05) is 11.6 Å². The summed E-state index contributed by atoms with van der Waals surface area (Å²) in [7, 11) is 0. The number of rotatable bonds is 7. The van der Waals surface area contributed by atoms with Gasteiger partial charge in [-0.3, -0.25) is 9.59 Å². The van der Waals surface area contributed by atoms with Gasteiger partial charge in [-0.1, -0.05) is 42.5 Å². The first kappa shape index (κ1) is 20.2. The number of amides is 2. The van der Waals surface area contributed by atoms with Gasteiger partial charge in [-0.15, -0.1) is 0 Å². The average Bonchev–Trinajstić information content (AvgIpc) is 2.63. The zero-order valence-electron chi connectivity index (χ0n) is 16.0. The molecule has 5 nitrogen and oxygen atoms in total. The van der Waals surface area contributed by atoms with Gasteiger partial charge in [0.1, 0.15) is 12.4 Å². The molecule has 5 heteroatoms. The quantitative estimate of drug-likeness (QED) is 0.739. The van der Waals surface area contributed by atoms with Gasteiger partial charge >= 0.3 is 0 Å². The summed E-state index contributed by atoms with van der Waals surface area (Å²) in [5.41, 5.74) is 1.61. The van der Waals surface area contributed by atoms with Crippen LogP contribution in [-0.2, 0) is 16.2 Å². The van der Waals surface area contributed by atoms with Crippen LogP contribution >= 0.6 is 0 Å². The highest BCUT2D eigenvalue weighted by molar-refractivity contribution is 5.94. The van der Waals surface area contributed by atoms with E-state index in [1.54, 1.807) is 6.08 Å². The maximum atomic E-state index is 11.9. The number of benzene rings is 2. The van der Waals surface area contributed by atoms with Gasteiger partial charge in [-0.2, -0.15) is 0 Å². The molecular formula is C22H26N2O3. The van der Waals surface area contributed by atoms with Crippen LogP contribution in [0.15, 0.2) is 60.7 Å². The van der Waals surface area contributed by atoms with Crippen LogP contribution in [-0.4, -0.2) is 23.9 Å². The molecule has 0 saturated carbocycles. The summed E-state index contributed by atoms with van der Waals surface area (Å²) in [6, 6.07) is 17.4. The van der Waals surface area contributed by atoms with Gasteiger partial charge in [0.05, 0.1) is 6.54 Å². The molecule has 0 spiro atoms. The number of nitrogens with one attached hydrogen (secondary N) is 2. The van der Waals surface area contributed by atoms with Crippen LogP contribution in [0.5, 0.6) is 5.75 Å². The molecular weight excluding hydrogens is 340 g/mol. The van der Waals surface area contributed by atoms with Gasteiger partial charge in [0.15, 0.2) is 0 Å². The van der Waals surface area contributed by atoms with Crippen molar-refractivity contribution in [1.82, 2.24) is 10.6 Å². The van der Waals surface area contributed by atoms with Gasteiger partial charge in [-0.25, -0.2) is 0 Å². The van der Waals surface area contributed by atoms with E-state index in [1.165, 1.54) is 6.08 Å². The van der Waals surface area contributed by atoms with E-state index in [2.05, 4.69) is 10.6 Å². The van der Waals surface area contributed by atoms with E-state index in [0.29, 0.717) is 6.61 Å². The Morgan fingerprint density at radius 3 is 2.48 bits per heavy atom. The first-order chi connectivity index (χ1) is 12.8. The van der Waals surface area contributed by atoms with E-state index < -0.39 is 0 Å². The second-order valence-electron chi connectivity index (χ2n) is 7.20. The zero-order chi connectivity index (χ0) is 19.7. The topological polar surface area (TPSA) is 67.4 Å². The van der Waals surface area contributed by atoms with Crippen molar-refractivity contribution in [2.24, 2.45) is 0 Å². The normalized spacial score (nSPS) is 11.2. The van der Waals surface area contributed by atoms with Crippen molar-refractivity contribution in [3.63, 3.8) is 0 Å². The number of carbonyl (C=O) groups is 2. The summed E-state index contributed by atoms with van der Waals surface area (Å²) in [6.45, 7) is 6.09. The monoisotopic (exact) mass is 366 g/mol. The third kappa shape index (κ3) is 8.23. The third-order valence-corrected chi connectivity index (χ3v) is 3.47. The van der Waals surface area contributed by atoms with Gasteiger partial charge in [-0.05, 0) is 50.1 Å². The number of hydrogen-bond acceptors (Lipinski definition) is 3. The lowest BCUT2D eigenvalue weighted by atomic mass is 10.1. The molecule has 2 aromatic rings. The highest BCUT2D eigenvalue weighted by Crippen LogP contribution is 2.16. The van der Waals surface area contributed by atoms with Crippen molar-refractivity contribution in [3.8, 4) is 5.75 Å². The first-order valence-corrected chi connectivity index (χ1v) is 8.85. The van der Waals surface area contributed by atoms with Crippen molar-refractivity contribution in [1.29, 1.82) is 0 Å². The summed E-state index contributed by atoms with van der Waals surface area (Å²) in [5, 5.41) is 5.36. The van der Waals surface area contributed by atoms with Gasteiger partial charge in [0.25, 0.3) is 0 Å². The summed E-state index contributed by atoms with van der Waals surface area (Å²) < 4.78 is 5.78. The molecule has 0 unspecified atom stereocenters. The fourth-order valence-electron chi connectivity index (χ4n) is 2.31. The van der Waals surface area contributed by atoms with Crippen LogP contribution < -0.4 is 15.4 Å². The van der Waals surface area contributed by atoms with E-state index in [-0.39, 0.29) is 23.9 Å². The summed E-state index contributed by atoms with van der Waals surface area (Å²) in [5.74, 6) is 0.182. The Balaban J connectivity index is 1.83. The number of hydrogen-bond donors (Lipinski definition) is 2. The lowest BCUT2D eigenvalue weighted by Crippen LogP contribution is -2.45. The van der Waals surface area contributed by atoms with E-state index in [9.17, 15) is 9.59 Å². The minimum Gasteiger partial charge on any atom is -0.489 e. The van der Waals surface area contributed by atoms with E-state index in [0.717, 1.165) is 16.9 Å². The van der Waals surface area contributed by atoms with Crippen molar-refractivity contribution < 1.29 is 14.3 Å². The van der Waals surface area contributed by atoms with Gasteiger partial charge < -0.3 is 15.4 Å².